The Balaban J connectivity index is 1.99. The fourth-order valence-electron chi connectivity index (χ4n) is 2.17. The summed E-state index contributed by atoms with van der Waals surface area (Å²) in [4.78, 5) is 12.0. The van der Waals surface area contributed by atoms with Crippen molar-refractivity contribution in [2.75, 3.05) is 6.61 Å². The zero-order valence-electron chi connectivity index (χ0n) is 13.8. The van der Waals surface area contributed by atoms with Gasteiger partial charge in [0.1, 0.15) is 11.5 Å². The second-order valence-corrected chi connectivity index (χ2v) is 7.09. The maximum Gasteiger partial charge on any atom is 0.277 e. The number of aromatic hydroxyl groups is 1. The van der Waals surface area contributed by atoms with Gasteiger partial charge in [0.25, 0.3) is 5.91 Å². The van der Waals surface area contributed by atoms with Crippen LogP contribution in [0.4, 0.5) is 0 Å². The number of ether oxygens (including phenoxy) is 1. The molecule has 0 saturated carbocycles. The van der Waals surface area contributed by atoms with Crippen LogP contribution in [0, 0.1) is 6.92 Å². The molecule has 0 radical (unpaired) electrons. The van der Waals surface area contributed by atoms with E-state index in [1.807, 2.05) is 26.0 Å². The Morgan fingerprint density at radius 2 is 1.92 bits per heavy atom. The molecule has 0 heterocycles. The third kappa shape index (κ3) is 5.57. The van der Waals surface area contributed by atoms with Crippen LogP contribution in [0.15, 0.2) is 50.4 Å². The molecule has 0 bridgehead atoms. The van der Waals surface area contributed by atoms with Gasteiger partial charge in [0, 0.05) is 4.47 Å². The van der Waals surface area contributed by atoms with Crippen molar-refractivity contribution in [1.29, 1.82) is 0 Å². The van der Waals surface area contributed by atoms with Gasteiger partial charge in [-0.3, -0.25) is 4.79 Å². The van der Waals surface area contributed by atoms with Crippen molar-refractivity contribution in [1.82, 2.24) is 5.43 Å². The number of rotatable bonds is 6. The molecule has 2 aromatic carbocycles. The zero-order chi connectivity index (χ0) is 18.4. The molecule has 7 heteroatoms. The number of amides is 1. The van der Waals surface area contributed by atoms with Crippen LogP contribution in [0.1, 0.15) is 24.5 Å². The van der Waals surface area contributed by atoms with Gasteiger partial charge < -0.3 is 9.84 Å². The van der Waals surface area contributed by atoms with Crippen molar-refractivity contribution in [3.05, 3.63) is 56.5 Å². The maximum atomic E-state index is 12.0. The Morgan fingerprint density at radius 1 is 1.24 bits per heavy atom. The molecule has 0 aliphatic carbocycles. The highest BCUT2D eigenvalue weighted by Gasteiger charge is 2.10. The Kier molecular flexibility index (Phi) is 7.01. The van der Waals surface area contributed by atoms with E-state index in [2.05, 4.69) is 42.4 Å². The molecule has 0 saturated heterocycles. The molecule has 0 spiro atoms. The van der Waals surface area contributed by atoms with Crippen molar-refractivity contribution in [2.45, 2.75) is 20.3 Å². The monoisotopic (exact) mass is 468 g/mol. The first-order valence-corrected chi connectivity index (χ1v) is 9.22. The van der Waals surface area contributed by atoms with E-state index >= 15 is 0 Å². The van der Waals surface area contributed by atoms with Crippen molar-refractivity contribution in [3.8, 4) is 11.5 Å². The minimum atomic E-state index is -0.348. The smallest absolute Gasteiger partial charge is 0.277 e. The minimum Gasteiger partial charge on any atom is -0.508 e. The number of benzene rings is 2. The second kappa shape index (κ2) is 9.01. The molecule has 0 unspecified atom stereocenters. The van der Waals surface area contributed by atoms with Gasteiger partial charge in [-0.1, -0.05) is 22.9 Å². The molecule has 0 aliphatic heterocycles. The fourth-order valence-corrected chi connectivity index (χ4v) is 3.73. The molecule has 2 rings (SSSR count). The first-order chi connectivity index (χ1) is 11.9. The van der Waals surface area contributed by atoms with E-state index in [0.29, 0.717) is 17.9 Å². The second-order valence-electron chi connectivity index (χ2n) is 5.32. The Labute approximate surface area is 163 Å². The summed E-state index contributed by atoms with van der Waals surface area (Å²) in [6.45, 7) is 3.70. The third-order valence-electron chi connectivity index (χ3n) is 3.39. The summed E-state index contributed by atoms with van der Waals surface area (Å²) in [5.41, 5.74) is 4.97. The Morgan fingerprint density at radius 3 is 2.52 bits per heavy atom. The lowest BCUT2D eigenvalue weighted by Gasteiger charge is -2.11. The number of hydrogen-bond acceptors (Lipinski definition) is 4. The van der Waals surface area contributed by atoms with Crippen LogP contribution < -0.4 is 10.2 Å². The zero-order valence-corrected chi connectivity index (χ0v) is 17.0. The number of phenols is 1. The van der Waals surface area contributed by atoms with Crippen LogP contribution in [-0.2, 0) is 4.79 Å². The minimum absolute atomic E-state index is 0.142. The molecule has 2 aromatic rings. The number of nitrogens with one attached hydrogen (secondary N) is 1. The van der Waals surface area contributed by atoms with Gasteiger partial charge in [0.05, 0.1) is 10.2 Å². The average molecular weight is 470 g/mol. The van der Waals surface area contributed by atoms with Crippen LogP contribution in [0.2, 0.25) is 0 Å². The number of carbonyl (C=O) groups excluding carboxylic acids is 1. The number of aryl methyl sites for hydroxylation is 1. The molecule has 0 aromatic heterocycles. The van der Waals surface area contributed by atoms with Gasteiger partial charge in [-0.05, 0) is 76.8 Å². The predicted octanol–water partition coefficient (Wildman–Crippen LogP) is 4.53. The molecule has 0 aliphatic rings. The largest absolute Gasteiger partial charge is 0.508 e. The number of halogens is 2. The lowest BCUT2D eigenvalue weighted by atomic mass is 10.1. The fraction of sp³-hybridized carbons (Fsp3) is 0.222. The topological polar surface area (TPSA) is 70.9 Å². The molecular formula is C18H18Br2N2O3. The molecular weight excluding hydrogens is 452 g/mol. The third-order valence-corrected chi connectivity index (χ3v) is 4.44. The molecule has 132 valence electrons. The van der Waals surface area contributed by atoms with Crippen molar-refractivity contribution in [2.24, 2.45) is 5.10 Å². The number of hydrazone groups is 1. The van der Waals surface area contributed by atoms with Crippen LogP contribution in [0.3, 0.4) is 0 Å². The highest BCUT2D eigenvalue weighted by molar-refractivity contribution is 9.11. The summed E-state index contributed by atoms with van der Waals surface area (Å²) in [5.74, 6) is 0.461. The van der Waals surface area contributed by atoms with Gasteiger partial charge in [-0.2, -0.15) is 5.10 Å². The molecule has 0 atom stereocenters. The molecule has 0 fully saturated rings. The summed E-state index contributed by atoms with van der Waals surface area (Å²) in [6.07, 6.45) is 0.642. The van der Waals surface area contributed by atoms with E-state index in [1.54, 1.807) is 24.3 Å². The highest BCUT2D eigenvalue weighted by atomic mass is 79.9. The Hall–Kier alpha value is -1.86. The first-order valence-electron chi connectivity index (χ1n) is 7.64. The molecule has 1 amide bonds. The first kappa shape index (κ1) is 19.5. The summed E-state index contributed by atoms with van der Waals surface area (Å²) in [7, 11) is 0. The van der Waals surface area contributed by atoms with Gasteiger partial charge in [0.15, 0.2) is 6.61 Å². The molecule has 5 nitrogen and oxygen atoms in total. The summed E-state index contributed by atoms with van der Waals surface area (Å²) in [5, 5.41) is 13.5. The number of nitrogens with zero attached hydrogens (tertiary/aromatic N) is 1. The van der Waals surface area contributed by atoms with E-state index in [4.69, 9.17) is 4.74 Å². The van der Waals surface area contributed by atoms with Gasteiger partial charge in [0.2, 0.25) is 0 Å². The Bertz CT molecular complexity index is 766. The number of carbonyl (C=O) groups is 1. The lowest BCUT2D eigenvalue weighted by molar-refractivity contribution is -0.123. The number of hydrogen-bond donors (Lipinski definition) is 2. The SMILES string of the molecule is CC/C(=N/NC(=O)COc1c(C)cc(Br)cc1Br)c1ccc(O)cc1. The lowest BCUT2D eigenvalue weighted by Crippen LogP contribution is -2.26. The van der Waals surface area contributed by atoms with E-state index < -0.39 is 0 Å². The van der Waals surface area contributed by atoms with E-state index in [1.165, 1.54) is 0 Å². The highest BCUT2D eigenvalue weighted by Crippen LogP contribution is 2.32. The van der Waals surface area contributed by atoms with Gasteiger partial charge in [-0.15, -0.1) is 0 Å². The van der Waals surface area contributed by atoms with Crippen LogP contribution in [0.5, 0.6) is 11.5 Å². The molecule has 25 heavy (non-hydrogen) atoms. The van der Waals surface area contributed by atoms with E-state index in [0.717, 1.165) is 20.1 Å². The summed E-state index contributed by atoms with van der Waals surface area (Å²) >= 11 is 6.83. The normalized spacial score (nSPS) is 11.3. The van der Waals surface area contributed by atoms with Gasteiger partial charge in [-0.25, -0.2) is 5.43 Å². The van der Waals surface area contributed by atoms with Crippen LogP contribution in [-0.4, -0.2) is 23.3 Å². The van der Waals surface area contributed by atoms with Crippen molar-refractivity contribution in [3.63, 3.8) is 0 Å². The van der Waals surface area contributed by atoms with E-state index in [-0.39, 0.29) is 18.3 Å². The van der Waals surface area contributed by atoms with Crippen molar-refractivity contribution >= 4 is 43.5 Å². The van der Waals surface area contributed by atoms with Crippen molar-refractivity contribution < 1.29 is 14.6 Å². The van der Waals surface area contributed by atoms with Gasteiger partial charge >= 0.3 is 0 Å². The van der Waals surface area contributed by atoms with Crippen LogP contribution >= 0.6 is 31.9 Å². The summed E-state index contributed by atoms with van der Waals surface area (Å²) in [6, 6.07) is 10.4. The number of phenolic OH excluding ortho intramolecular Hbond substituents is 1. The predicted molar refractivity (Wildman–Crippen MR) is 105 cm³/mol. The van der Waals surface area contributed by atoms with E-state index in [9.17, 15) is 9.90 Å². The average Bonchev–Trinajstić information content (AvgIpc) is 2.56. The quantitative estimate of drug-likeness (QED) is 0.482. The summed E-state index contributed by atoms with van der Waals surface area (Å²) < 4.78 is 7.29. The molecule has 2 N–H and O–H groups in total. The van der Waals surface area contributed by atoms with Crippen LogP contribution in [0.25, 0.3) is 0 Å². The maximum absolute atomic E-state index is 12.0. The standard InChI is InChI=1S/C18H18Br2N2O3/c1-3-16(12-4-6-14(23)7-5-12)21-22-17(24)10-25-18-11(2)8-13(19)9-15(18)20/h4-9,23H,3,10H2,1-2H3,(H,22,24)/b21-16-.